The van der Waals surface area contributed by atoms with Gasteiger partial charge in [0.05, 0.1) is 12.8 Å². The van der Waals surface area contributed by atoms with Gasteiger partial charge in [-0.05, 0) is 24.3 Å². The van der Waals surface area contributed by atoms with Crippen molar-refractivity contribution >= 4 is 11.6 Å². The van der Waals surface area contributed by atoms with Gasteiger partial charge in [-0.3, -0.25) is 4.79 Å². The van der Waals surface area contributed by atoms with Gasteiger partial charge in [0, 0.05) is 11.6 Å². The Bertz CT molecular complexity index is 845. The molecule has 3 rings (SSSR count). The van der Waals surface area contributed by atoms with Gasteiger partial charge >= 0.3 is 0 Å². The molecule has 1 heterocycles. The molecule has 3 aromatic rings. The van der Waals surface area contributed by atoms with Crippen LogP contribution in [0.2, 0.25) is 0 Å². The number of halogens is 1. The fourth-order valence-electron chi connectivity index (χ4n) is 2.10. The molecule has 23 heavy (non-hydrogen) atoms. The molecule has 1 amide bonds. The Morgan fingerprint density at radius 1 is 1.17 bits per heavy atom. The van der Waals surface area contributed by atoms with E-state index in [9.17, 15) is 9.18 Å². The van der Waals surface area contributed by atoms with Crippen LogP contribution in [-0.2, 0) is 0 Å². The molecule has 0 fully saturated rings. The second kappa shape index (κ2) is 6.31. The minimum atomic E-state index is -0.468. The number of hydrogen-bond donors (Lipinski definition) is 1. The topological polar surface area (TPSA) is 64.4 Å². The number of para-hydroxylation sites is 2. The first kappa shape index (κ1) is 14.8. The molecule has 0 saturated carbocycles. The quantitative estimate of drug-likeness (QED) is 0.797. The molecule has 0 aliphatic rings. The van der Waals surface area contributed by atoms with Crippen molar-refractivity contribution in [3.05, 3.63) is 66.2 Å². The summed E-state index contributed by atoms with van der Waals surface area (Å²) in [7, 11) is 1.52. The third-order valence-electron chi connectivity index (χ3n) is 3.21. The average molecular weight is 312 g/mol. The molecule has 0 radical (unpaired) electrons. The zero-order valence-corrected chi connectivity index (χ0v) is 12.2. The summed E-state index contributed by atoms with van der Waals surface area (Å²) in [5.41, 5.74) is 1.43. The van der Waals surface area contributed by atoms with Gasteiger partial charge in [-0.1, -0.05) is 29.4 Å². The van der Waals surface area contributed by atoms with E-state index in [4.69, 9.17) is 9.26 Å². The molecular formula is C17H13FN2O3. The zero-order chi connectivity index (χ0) is 16.2. The number of ether oxygens (including phenoxy) is 1. The Morgan fingerprint density at radius 3 is 2.78 bits per heavy atom. The number of carbonyl (C=O) groups is 1. The molecule has 116 valence electrons. The Balaban J connectivity index is 1.81. The van der Waals surface area contributed by atoms with Gasteiger partial charge in [0.2, 0.25) is 5.76 Å². The van der Waals surface area contributed by atoms with E-state index in [1.165, 1.54) is 25.3 Å². The average Bonchev–Trinajstić information content (AvgIpc) is 3.05. The molecule has 0 unspecified atom stereocenters. The van der Waals surface area contributed by atoms with Crippen LogP contribution in [0.4, 0.5) is 10.1 Å². The molecule has 0 saturated heterocycles. The number of nitrogens with one attached hydrogen (secondary N) is 1. The maximum Gasteiger partial charge on any atom is 0.294 e. The van der Waals surface area contributed by atoms with Crippen molar-refractivity contribution in [1.82, 2.24) is 5.16 Å². The molecule has 0 aliphatic heterocycles. The summed E-state index contributed by atoms with van der Waals surface area (Å²) in [6, 6.07) is 14.4. The molecule has 0 atom stereocenters. The van der Waals surface area contributed by atoms with Crippen LogP contribution in [-0.4, -0.2) is 18.2 Å². The van der Waals surface area contributed by atoms with E-state index in [0.717, 1.165) is 0 Å². The predicted molar refractivity (Wildman–Crippen MR) is 82.8 cm³/mol. The summed E-state index contributed by atoms with van der Waals surface area (Å²) in [5.74, 6) is -0.295. The summed E-state index contributed by atoms with van der Waals surface area (Å²) in [5, 5.41) is 6.48. The Kier molecular flexibility index (Phi) is 4.05. The second-order valence-electron chi connectivity index (χ2n) is 4.74. The molecule has 5 nitrogen and oxygen atoms in total. The van der Waals surface area contributed by atoms with Crippen molar-refractivity contribution in [2.75, 3.05) is 12.4 Å². The van der Waals surface area contributed by atoms with Crippen LogP contribution in [0.25, 0.3) is 11.3 Å². The van der Waals surface area contributed by atoms with E-state index < -0.39 is 5.91 Å². The van der Waals surface area contributed by atoms with Crippen LogP contribution in [0.5, 0.6) is 5.75 Å². The van der Waals surface area contributed by atoms with Crippen molar-refractivity contribution in [3.8, 4) is 17.0 Å². The van der Waals surface area contributed by atoms with Crippen LogP contribution < -0.4 is 10.1 Å². The summed E-state index contributed by atoms with van der Waals surface area (Å²) in [6.45, 7) is 0. The zero-order valence-electron chi connectivity index (χ0n) is 12.2. The van der Waals surface area contributed by atoms with Crippen LogP contribution in [0.3, 0.4) is 0 Å². The Labute approximate surface area is 131 Å². The van der Waals surface area contributed by atoms with Crippen molar-refractivity contribution in [2.24, 2.45) is 0 Å². The number of carbonyl (C=O) groups excluding carboxylic acids is 1. The maximum atomic E-state index is 13.2. The summed E-state index contributed by atoms with van der Waals surface area (Å²) < 4.78 is 23.4. The Hall–Kier alpha value is -3.15. The lowest BCUT2D eigenvalue weighted by molar-refractivity contribution is 0.0987. The minimum Gasteiger partial charge on any atom is -0.495 e. The van der Waals surface area contributed by atoms with Gasteiger partial charge in [0.1, 0.15) is 17.3 Å². The fraction of sp³-hybridized carbons (Fsp3) is 0.0588. The van der Waals surface area contributed by atoms with Gasteiger partial charge in [0.15, 0.2) is 0 Å². The maximum absolute atomic E-state index is 13.2. The van der Waals surface area contributed by atoms with E-state index in [2.05, 4.69) is 10.5 Å². The normalized spacial score (nSPS) is 10.3. The number of amides is 1. The van der Waals surface area contributed by atoms with Gasteiger partial charge < -0.3 is 14.6 Å². The molecule has 0 spiro atoms. The van der Waals surface area contributed by atoms with E-state index in [1.807, 2.05) is 0 Å². The molecule has 0 bridgehead atoms. The van der Waals surface area contributed by atoms with Crippen LogP contribution >= 0.6 is 0 Å². The van der Waals surface area contributed by atoms with Crippen molar-refractivity contribution in [1.29, 1.82) is 0 Å². The van der Waals surface area contributed by atoms with Crippen molar-refractivity contribution in [2.45, 2.75) is 0 Å². The van der Waals surface area contributed by atoms with Gasteiger partial charge in [-0.25, -0.2) is 4.39 Å². The number of methoxy groups -OCH3 is 1. The summed E-state index contributed by atoms with van der Waals surface area (Å²) >= 11 is 0. The summed E-state index contributed by atoms with van der Waals surface area (Å²) in [4.78, 5) is 12.2. The molecule has 0 aliphatic carbocycles. The Morgan fingerprint density at radius 2 is 2.00 bits per heavy atom. The van der Waals surface area contributed by atoms with Crippen LogP contribution in [0.1, 0.15) is 10.6 Å². The molecule has 2 aromatic carbocycles. The third-order valence-corrected chi connectivity index (χ3v) is 3.21. The second-order valence-corrected chi connectivity index (χ2v) is 4.74. The largest absolute Gasteiger partial charge is 0.495 e. The lowest BCUT2D eigenvalue weighted by Crippen LogP contribution is -2.11. The monoisotopic (exact) mass is 312 g/mol. The fourth-order valence-corrected chi connectivity index (χ4v) is 2.10. The first-order valence-electron chi connectivity index (χ1n) is 6.84. The van der Waals surface area contributed by atoms with E-state index >= 15 is 0 Å². The van der Waals surface area contributed by atoms with E-state index in [-0.39, 0.29) is 11.6 Å². The van der Waals surface area contributed by atoms with E-state index in [0.29, 0.717) is 22.7 Å². The van der Waals surface area contributed by atoms with E-state index in [1.54, 1.807) is 36.4 Å². The highest BCUT2D eigenvalue weighted by Gasteiger charge is 2.16. The molecule has 1 aromatic heterocycles. The van der Waals surface area contributed by atoms with Crippen molar-refractivity contribution in [3.63, 3.8) is 0 Å². The third kappa shape index (κ3) is 3.21. The highest BCUT2D eigenvalue weighted by molar-refractivity contribution is 6.03. The predicted octanol–water partition coefficient (Wildman–Crippen LogP) is 3.74. The number of benzene rings is 2. The minimum absolute atomic E-state index is 0.0233. The SMILES string of the molecule is COc1ccccc1NC(=O)c1cc(-c2cccc(F)c2)no1. The smallest absolute Gasteiger partial charge is 0.294 e. The number of hydrogen-bond acceptors (Lipinski definition) is 4. The lowest BCUT2D eigenvalue weighted by atomic mass is 10.1. The molecule has 1 N–H and O–H groups in total. The first-order chi connectivity index (χ1) is 11.2. The molecule has 6 heteroatoms. The summed E-state index contributed by atoms with van der Waals surface area (Å²) in [6.07, 6.45) is 0. The van der Waals surface area contributed by atoms with Gasteiger partial charge in [0.25, 0.3) is 5.91 Å². The first-order valence-corrected chi connectivity index (χ1v) is 6.84. The number of nitrogens with zero attached hydrogens (tertiary/aromatic N) is 1. The van der Waals surface area contributed by atoms with Crippen LogP contribution in [0, 0.1) is 5.82 Å². The highest BCUT2D eigenvalue weighted by atomic mass is 19.1. The van der Waals surface area contributed by atoms with Crippen LogP contribution in [0.15, 0.2) is 59.1 Å². The standard InChI is InChI=1S/C17H13FN2O3/c1-22-15-8-3-2-7-13(15)19-17(21)16-10-14(20-23-16)11-5-4-6-12(18)9-11/h2-10H,1H3,(H,19,21). The van der Waals surface area contributed by atoms with Crippen molar-refractivity contribution < 1.29 is 18.4 Å². The number of rotatable bonds is 4. The van der Waals surface area contributed by atoms with Gasteiger partial charge in [-0.2, -0.15) is 0 Å². The highest BCUT2D eigenvalue weighted by Crippen LogP contribution is 2.25. The molecular weight excluding hydrogens is 299 g/mol. The lowest BCUT2D eigenvalue weighted by Gasteiger charge is -2.07. The number of aromatic nitrogens is 1. The number of anilines is 1. The van der Waals surface area contributed by atoms with Gasteiger partial charge in [-0.15, -0.1) is 0 Å².